The third kappa shape index (κ3) is 2.78. The first-order chi connectivity index (χ1) is 9.99. The number of nitrogens with one attached hydrogen (secondary N) is 1. The van der Waals surface area contributed by atoms with Crippen molar-refractivity contribution >= 4 is 32.9 Å². The Hall–Kier alpha value is -1.51. The Morgan fingerprint density at radius 2 is 2.14 bits per heavy atom. The topological polar surface area (TPSA) is 37.8 Å². The van der Waals surface area contributed by atoms with Gasteiger partial charge in [-0.15, -0.1) is 22.7 Å². The lowest BCUT2D eigenvalue weighted by molar-refractivity contribution is -0.141. The molecule has 0 spiro atoms. The Labute approximate surface area is 126 Å². The molecule has 0 amide bonds. The van der Waals surface area contributed by atoms with E-state index in [1.54, 1.807) is 13.2 Å². The van der Waals surface area contributed by atoms with Crippen LogP contribution in [0.2, 0.25) is 0 Å². The van der Waals surface area contributed by atoms with Gasteiger partial charge in [0.1, 0.15) is 5.01 Å². The van der Waals surface area contributed by atoms with Gasteiger partial charge in [-0.2, -0.15) is 13.2 Å². The van der Waals surface area contributed by atoms with Crippen LogP contribution in [0, 0.1) is 0 Å². The molecule has 0 bridgehead atoms. The third-order valence-corrected chi connectivity index (χ3v) is 4.81. The Kier molecular flexibility index (Phi) is 3.68. The summed E-state index contributed by atoms with van der Waals surface area (Å²) in [5.74, 6) is 0. The largest absolute Gasteiger partial charge is 0.434 e. The summed E-state index contributed by atoms with van der Waals surface area (Å²) < 4.78 is 40.0. The van der Waals surface area contributed by atoms with Crippen LogP contribution < -0.4 is 5.32 Å². The van der Waals surface area contributed by atoms with E-state index in [1.165, 1.54) is 11.3 Å². The quantitative estimate of drug-likeness (QED) is 0.784. The minimum absolute atomic E-state index is 0.140. The molecular weight excluding hydrogens is 319 g/mol. The number of alkyl halides is 3. The van der Waals surface area contributed by atoms with Gasteiger partial charge < -0.3 is 5.32 Å². The van der Waals surface area contributed by atoms with Crippen LogP contribution in [0.1, 0.15) is 10.6 Å². The predicted octanol–water partition coefficient (Wildman–Crippen LogP) is 4.16. The van der Waals surface area contributed by atoms with Gasteiger partial charge in [0.2, 0.25) is 0 Å². The number of thiazole rings is 1. The predicted molar refractivity (Wildman–Crippen MR) is 78.5 cm³/mol. The first-order valence-corrected chi connectivity index (χ1v) is 7.74. The van der Waals surface area contributed by atoms with E-state index in [0.717, 1.165) is 21.6 Å². The molecule has 8 heteroatoms. The van der Waals surface area contributed by atoms with Crippen LogP contribution in [-0.4, -0.2) is 17.0 Å². The highest BCUT2D eigenvalue weighted by Crippen LogP contribution is 2.38. The van der Waals surface area contributed by atoms with E-state index < -0.39 is 11.9 Å². The summed E-state index contributed by atoms with van der Waals surface area (Å²) in [5, 5.41) is 4.99. The normalized spacial score (nSPS) is 12.2. The summed E-state index contributed by atoms with van der Waals surface area (Å²) in [7, 11) is 1.61. The summed E-state index contributed by atoms with van der Waals surface area (Å²) in [6.07, 6.45) is -2.88. The zero-order valence-electron chi connectivity index (χ0n) is 10.9. The first-order valence-electron chi connectivity index (χ1n) is 6.04. The molecule has 0 unspecified atom stereocenters. The van der Waals surface area contributed by atoms with Crippen molar-refractivity contribution in [2.45, 2.75) is 12.7 Å². The summed E-state index contributed by atoms with van der Waals surface area (Å²) >= 11 is 2.55. The van der Waals surface area contributed by atoms with Crippen molar-refractivity contribution in [1.29, 1.82) is 0 Å². The van der Waals surface area contributed by atoms with E-state index in [9.17, 15) is 13.2 Å². The fraction of sp³-hybridized carbons (Fsp3) is 0.231. The lowest BCUT2D eigenvalue weighted by atomic mass is 10.3. The van der Waals surface area contributed by atoms with Crippen molar-refractivity contribution in [3.63, 3.8) is 0 Å². The summed E-state index contributed by atoms with van der Waals surface area (Å²) in [6.45, 7) is 0.140. The van der Waals surface area contributed by atoms with Gasteiger partial charge >= 0.3 is 6.18 Å². The van der Waals surface area contributed by atoms with Crippen LogP contribution in [-0.2, 0) is 12.7 Å². The lowest BCUT2D eigenvalue weighted by Gasteiger charge is -2.04. The monoisotopic (exact) mass is 329 g/mol. The molecule has 0 aromatic carbocycles. The highest BCUT2D eigenvalue weighted by Gasteiger charge is 2.37. The average molecular weight is 329 g/mol. The molecule has 21 heavy (non-hydrogen) atoms. The highest BCUT2D eigenvalue weighted by atomic mass is 32.1. The molecule has 3 nitrogen and oxygen atoms in total. The number of fused-ring (bicyclic) bond motifs is 1. The molecule has 0 radical (unpaired) electrons. The summed E-state index contributed by atoms with van der Waals surface area (Å²) in [4.78, 5) is 8.21. The maximum Gasteiger partial charge on any atom is 0.434 e. The Morgan fingerprint density at radius 3 is 2.86 bits per heavy atom. The van der Waals surface area contributed by atoms with E-state index in [0.29, 0.717) is 10.6 Å². The van der Waals surface area contributed by atoms with Crippen molar-refractivity contribution < 1.29 is 13.2 Å². The molecule has 0 atom stereocenters. The van der Waals surface area contributed by atoms with Crippen molar-refractivity contribution in [2.75, 3.05) is 7.05 Å². The van der Waals surface area contributed by atoms with Gasteiger partial charge in [-0.1, -0.05) is 0 Å². The minimum atomic E-state index is -4.44. The van der Waals surface area contributed by atoms with E-state index >= 15 is 0 Å². The fourth-order valence-electron chi connectivity index (χ4n) is 1.94. The number of aromatic nitrogens is 2. The van der Waals surface area contributed by atoms with E-state index in [2.05, 4.69) is 15.3 Å². The van der Waals surface area contributed by atoms with Gasteiger partial charge in [0.25, 0.3) is 0 Å². The summed E-state index contributed by atoms with van der Waals surface area (Å²) in [5.41, 5.74) is 0.637. The van der Waals surface area contributed by atoms with Crippen molar-refractivity contribution in [1.82, 2.24) is 15.3 Å². The van der Waals surface area contributed by atoms with E-state index in [1.807, 2.05) is 17.5 Å². The van der Waals surface area contributed by atoms with Crippen LogP contribution >= 0.6 is 22.7 Å². The van der Waals surface area contributed by atoms with Crippen molar-refractivity contribution in [3.05, 3.63) is 34.3 Å². The van der Waals surface area contributed by atoms with Crippen molar-refractivity contribution in [2.24, 2.45) is 0 Å². The molecular formula is C13H10F3N3S2. The molecule has 0 saturated heterocycles. The van der Waals surface area contributed by atoms with Crippen LogP contribution in [0.25, 0.3) is 20.8 Å². The third-order valence-electron chi connectivity index (χ3n) is 2.85. The van der Waals surface area contributed by atoms with Gasteiger partial charge in [0, 0.05) is 18.3 Å². The molecule has 3 rings (SSSR count). The second-order valence-electron chi connectivity index (χ2n) is 4.35. The van der Waals surface area contributed by atoms with Crippen LogP contribution in [0.3, 0.4) is 0 Å². The number of rotatable bonds is 3. The average Bonchev–Trinajstić information content (AvgIpc) is 3.03. The number of nitrogens with zero attached hydrogens (tertiary/aromatic N) is 2. The van der Waals surface area contributed by atoms with Crippen LogP contribution in [0.15, 0.2) is 23.7 Å². The van der Waals surface area contributed by atoms with Crippen LogP contribution in [0.5, 0.6) is 0 Å². The van der Waals surface area contributed by atoms with Gasteiger partial charge in [0.05, 0.1) is 15.1 Å². The second kappa shape index (κ2) is 5.36. The van der Waals surface area contributed by atoms with Gasteiger partial charge in [-0.3, -0.25) is 4.98 Å². The molecule has 110 valence electrons. The molecule has 3 aromatic heterocycles. The molecule has 0 aliphatic rings. The number of hydrogen-bond donors (Lipinski definition) is 1. The maximum absolute atomic E-state index is 13.0. The Morgan fingerprint density at radius 1 is 1.33 bits per heavy atom. The van der Waals surface area contributed by atoms with E-state index in [-0.39, 0.29) is 11.4 Å². The Bertz CT molecular complexity index is 776. The standard InChI is InChI=1S/C13H10F3N3S2/c1-17-6-10-11(13(14,15)16)19-12(21-10)7-4-9-8(18-5-7)2-3-20-9/h2-5,17H,6H2,1H3. The molecule has 0 aliphatic heterocycles. The minimum Gasteiger partial charge on any atom is -0.315 e. The van der Waals surface area contributed by atoms with Gasteiger partial charge in [-0.05, 0) is 24.6 Å². The smallest absolute Gasteiger partial charge is 0.315 e. The number of pyridine rings is 1. The van der Waals surface area contributed by atoms with Crippen molar-refractivity contribution in [3.8, 4) is 10.6 Å². The van der Waals surface area contributed by atoms with Gasteiger partial charge in [0.15, 0.2) is 5.69 Å². The molecule has 1 N–H and O–H groups in total. The molecule has 3 aromatic rings. The number of thiophene rings is 1. The molecule has 0 aliphatic carbocycles. The first kappa shape index (κ1) is 14.4. The maximum atomic E-state index is 13.0. The second-order valence-corrected chi connectivity index (χ2v) is 6.38. The zero-order valence-corrected chi connectivity index (χ0v) is 12.5. The molecule has 0 saturated carbocycles. The highest BCUT2D eigenvalue weighted by molar-refractivity contribution is 7.17. The van der Waals surface area contributed by atoms with Gasteiger partial charge in [-0.25, -0.2) is 4.98 Å². The lowest BCUT2D eigenvalue weighted by Crippen LogP contribution is -2.12. The molecule has 0 fully saturated rings. The molecule has 3 heterocycles. The number of hydrogen-bond acceptors (Lipinski definition) is 5. The van der Waals surface area contributed by atoms with Crippen LogP contribution in [0.4, 0.5) is 13.2 Å². The SMILES string of the molecule is CNCc1sc(-c2cnc3ccsc3c2)nc1C(F)(F)F. The summed E-state index contributed by atoms with van der Waals surface area (Å²) in [6, 6.07) is 3.70. The zero-order chi connectivity index (χ0) is 15.0. The Balaban J connectivity index is 2.09. The number of halogens is 3. The fourth-order valence-corrected chi connectivity index (χ4v) is 3.79. The van der Waals surface area contributed by atoms with E-state index in [4.69, 9.17) is 0 Å².